The highest BCUT2D eigenvalue weighted by Crippen LogP contribution is 2.34. The minimum Gasteiger partial charge on any atom is -0.475 e. The van der Waals surface area contributed by atoms with Crippen molar-refractivity contribution in [3.8, 4) is 0 Å². The number of carboxylic acids is 1. The minimum absolute atomic E-state index is 0.0567. The smallest absolute Gasteiger partial charge is 0.475 e. The van der Waals surface area contributed by atoms with Crippen LogP contribution in [0.15, 0.2) is 48.8 Å². The minimum atomic E-state index is -5.08. The van der Waals surface area contributed by atoms with Gasteiger partial charge in [0.2, 0.25) is 0 Å². The number of aromatic nitrogens is 3. The van der Waals surface area contributed by atoms with E-state index in [9.17, 15) is 18.0 Å². The van der Waals surface area contributed by atoms with E-state index in [1.165, 1.54) is 16.3 Å². The van der Waals surface area contributed by atoms with Crippen molar-refractivity contribution in [3.63, 3.8) is 0 Å². The number of rotatable bonds is 4. The molecule has 12 heteroatoms. The van der Waals surface area contributed by atoms with Gasteiger partial charge in [0.25, 0.3) is 5.91 Å². The number of anilines is 1. The van der Waals surface area contributed by atoms with Gasteiger partial charge in [-0.2, -0.15) is 22.8 Å². The zero-order valence-corrected chi connectivity index (χ0v) is 18.4. The Kier molecular flexibility index (Phi) is 7.40. The lowest BCUT2D eigenvalue weighted by atomic mass is 9.72. The van der Waals surface area contributed by atoms with Gasteiger partial charge in [0.15, 0.2) is 5.65 Å². The number of nitrogens with zero attached hydrogens (tertiary/aromatic N) is 4. The molecule has 34 heavy (non-hydrogen) atoms. The third-order valence-electron chi connectivity index (χ3n) is 5.84. The average Bonchev–Trinajstić information content (AvgIpc) is 3.25. The normalized spacial score (nSPS) is 15.9. The fraction of sp³-hybridized carbons (Fsp3) is 0.364. The second kappa shape index (κ2) is 10.1. The van der Waals surface area contributed by atoms with E-state index in [1.807, 2.05) is 6.07 Å². The van der Waals surface area contributed by atoms with Crippen LogP contribution in [0.2, 0.25) is 0 Å². The van der Waals surface area contributed by atoms with Gasteiger partial charge >= 0.3 is 12.1 Å². The maximum absolute atomic E-state index is 12.9. The monoisotopic (exact) mass is 478 g/mol. The number of aliphatic carboxylic acids is 1. The number of carbonyl (C=O) groups is 2. The quantitative estimate of drug-likeness (QED) is 0.526. The van der Waals surface area contributed by atoms with E-state index in [4.69, 9.17) is 15.6 Å². The Morgan fingerprint density at radius 1 is 1.18 bits per heavy atom. The molecule has 1 aliphatic heterocycles. The summed E-state index contributed by atoms with van der Waals surface area (Å²) >= 11 is 0. The van der Waals surface area contributed by atoms with E-state index < -0.39 is 12.1 Å². The Morgan fingerprint density at radius 2 is 1.79 bits per heavy atom. The molecular weight excluding hydrogens is 453 g/mol. The van der Waals surface area contributed by atoms with E-state index in [0.29, 0.717) is 23.6 Å². The number of carbonyl (C=O) groups excluding carboxylic acids is 1. The number of hydrogen-bond acceptors (Lipinski definition) is 6. The summed E-state index contributed by atoms with van der Waals surface area (Å²) in [4.78, 5) is 28.3. The lowest BCUT2D eigenvalue weighted by Crippen LogP contribution is -2.48. The summed E-state index contributed by atoms with van der Waals surface area (Å²) in [6.07, 6.45) is 0.0466. The molecule has 0 bridgehead atoms. The lowest BCUT2D eigenvalue weighted by molar-refractivity contribution is -0.192. The predicted octanol–water partition coefficient (Wildman–Crippen LogP) is 2.34. The van der Waals surface area contributed by atoms with Crippen molar-refractivity contribution in [2.24, 2.45) is 0 Å². The summed E-state index contributed by atoms with van der Waals surface area (Å²) in [6, 6.07) is 12.1. The summed E-state index contributed by atoms with van der Waals surface area (Å²) in [6.45, 7) is 2.61. The molecule has 4 rings (SSSR count). The molecule has 0 radical (unpaired) electrons. The summed E-state index contributed by atoms with van der Waals surface area (Å²) < 4.78 is 33.2. The van der Waals surface area contributed by atoms with Crippen LogP contribution in [-0.2, 0) is 10.2 Å². The number of benzene rings is 1. The summed E-state index contributed by atoms with van der Waals surface area (Å²) in [5.41, 5.74) is 8.04. The van der Waals surface area contributed by atoms with Crippen LogP contribution in [0.1, 0.15) is 28.8 Å². The van der Waals surface area contributed by atoms with E-state index >= 15 is 0 Å². The van der Waals surface area contributed by atoms with Gasteiger partial charge in [-0.1, -0.05) is 30.3 Å². The molecule has 182 valence electrons. The molecule has 1 aliphatic rings. The van der Waals surface area contributed by atoms with Crippen LogP contribution in [0, 0.1) is 0 Å². The molecule has 0 saturated carbocycles. The number of carboxylic acid groups (broad SMARTS) is 1. The number of hydrogen-bond donors (Lipinski definition) is 3. The van der Waals surface area contributed by atoms with Crippen molar-refractivity contribution < 1.29 is 27.9 Å². The number of nitrogens with one attached hydrogen (secondary N) is 1. The molecule has 0 aliphatic carbocycles. The molecule has 1 fully saturated rings. The Balaban J connectivity index is 0.000000406. The third kappa shape index (κ3) is 5.63. The van der Waals surface area contributed by atoms with Crippen LogP contribution in [0.5, 0.6) is 0 Å². The lowest BCUT2D eigenvalue weighted by Gasteiger charge is -2.41. The Hall–Kier alpha value is -3.67. The molecule has 1 amide bonds. The standard InChI is InChI=1S/C20H24N6O.C2HF3O2/c1-25-11-8-20(9-12-25,15-5-3-2-4-6-15)14-23-19(27)16-13-24-26-17(21)7-10-22-18(16)26;3-2(4,5)1(6)7/h2-7,10,13H,8-9,11-12,14,21H2,1H3,(H,23,27);(H,6,7). The van der Waals surface area contributed by atoms with Gasteiger partial charge in [0.1, 0.15) is 11.4 Å². The van der Waals surface area contributed by atoms with Crippen LogP contribution in [0.3, 0.4) is 0 Å². The van der Waals surface area contributed by atoms with Gasteiger partial charge in [0, 0.05) is 18.2 Å². The highest BCUT2D eigenvalue weighted by atomic mass is 19.4. The molecule has 0 atom stereocenters. The van der Waals surface area contributed by atoms with Crippen molar-refractivity contribution in [3.05, 3.63) is 59.9 Å². The Bertz CT molecular complexity index is 1140. The van der Waals surface area contributed by atoms with E-state index in [0.717, 1.165) is 25.9 Å². The fourth-order valence-corrected chi connectivity index (χ4v) is 3.82. The Morgan fingerprint density at radius 3 is 2.38 bits per heavy atom. The summed E-state index contributed by atoms with van der Waals surface area (Å²) in [5, 5.41) is 14.4. The summed E-state index contributed by atoms with van der Waals surface area (Å²) in [7, 11) is 2.14. The molecular formula is C22H25F3N6O3. The van der Waals surface area contributed by atoms with Gasteiger partial charge in [-0.25, -0.2) is 9.78 Å². The highest BCUT2D eigenvalue weighted by molar-refractivity contribution is 5.99. The van der Waals surface area contributed by atoms with Crippen molar-refractivity contribution >= 4 is 23.3 Å². The van der Waals surface area contributed by atoms with Crippen molar-refractivity contribution in [1.82, 2.24) is 24.8 Å². The first kappa shape index (κ1) is 25.0. The van der Waals surface area contributed by atoms with Crippen LogP contribution in [-0.4, -0.2) is 69.3 Å². The van der Waals surface area contributed by atoms with E-state index in [1.54, 1.807) is 12.3 Å². The largest absolute Gasteiger partial charge is 0.490 e. The third-order valence-corrected chi connectivity index (χ3v) is 5.84. The topological polar surface area (TPSA) is 126 Å². The second-order valence-electron chi connectivity index (χ2n) is 8.10. The van der Waals surface area contributed by atoms with Crippen LogP contribution < -0.4 is 11.1 Å². The van der Waals surface area contributed by atoms with Crippen molar-refractivity contribution in [2.45, 2.75) is 24.4 Å². The number of likely N-dealkylation sites (tertiary alicyclic amines) is 1. The van der Waals surface area contributed by atoms with Gasteiger partial charge < -0.3 is 21.1 Å². The number of fused-ring (bicyclic) bond motifs is 1. The zero-order chi connectivity index (χ0) is 24.9. The van der Waals surface area contributed by atoms with Gasteiger partial charge in [-0.05, 0) is 44.6 Å². The molecule has 2 aromatic heterocycles. The SMILES string of the molecule is CN1CCC(CNC(=O)c2cnn3c(N)ccnc23)(c2ccccc2)CC1.O=C(O)C(F)(F)F. The number of piperidine rings is 1. The van der Waals surface area contributed by atoms with Gasteiger partial charge in [-0.15, -0.1) is 0 Å². The molecule has 0 unspecified atom stereocenters. The van der Waals surface area contributed by atoms with Crippen molar-refractivity contribution in [1.29, 1.82) is 0 Å². The molecule has 1 aromatic carbocycles. The number of nitrogen functional groups attached to an aromatic ring is 1. The fourth-order valence-electron chi connectivity index (χ4n) is 3.82. The maximum atomic E-state index is 12.9. The first-order valence-corrected chi connectivity index (χ1v) is 10.4. The number of halogens is 3. The first-order chi connectivity index (χ1) is 16.0. The number of amides is 1. The van der Waals surface area contributed by atoms with Crippen LogP contribution >= 0.6 is 0 Å². The first-order valence-electron chi connectivity index (χ1n) is 10.4. The highest BCUT2D eigenvalue weighted by Gasteiger charge is 2.38. The maximum Gasteiger partial charge on any atom is 0.490 e. The molecule has 3 aromatic rings. The second-order valence-corrected chi connectivity index (χ2v) is 8.10. The molecule has 3 heterocycles. The Labute approximate surface area is 193 Å². The van der Waals surface area contributed by atoms with E-state index in [2.05, 4.69) is 51.6 Å². The van der Waals surface area contributed by atoms with Gasteiger partial charge in [-0.3, -0.25) is 4.79 Å². The zero-order valence-electron chi connectivity index (χ0n) is 18.4. The van der Waals surface area contributed by atoms with Crippen LogP contribution in [0.25, 0.3) is 5.65 Å². The van der Waals surface area contributed by atoms with Crippen molar-refractivity contribution in [2.75, 3.05) is 32.4 Å². The average molecular weight is 478 g/mol. The predicted molar refractivity (Wildman–Crippen MR) is 118 cm³/mol. The molecule has 9 nitrogen and oxygen atoms in total. The van der Waals surface area contributed by atoms with Gasteiger partial charge in [0.05, 0.1) is 6.20 Å². The van der Waals surface area contributed by atoms with E-state index in [-0.39, 0.29) is 11.3 Å². The summed E-state index contributed by atoms with van der Waals surface area (Å²) in [5.74, 6) is -2.47. The number of nitrogens with two attached hydrogens (primary N) is 1. The molecule has 0 spiro atoms. The molecule has 4 N–H and O–H groups in total. The molecule has 1 saturated heterocycles. The van der Waals surface area contributed by atoms with Crippen LogP contribution in [0.4, 0.5) is 19.0 Å². The number of alkyl halides is 3.